The average molecular weight is 283 g/mol. The monoisotopic (exact) mass is 283 g/mol. The van der Waals surface area contributed by atoms with E-state index >= 15 is 0 Å². The molecule has 21 heavy (non-hydrogen) atoms. The van der Waals surface area contributed by atoms with Gasteiger partial charge in [0, 0.05) is 11.1 Å². The Morgan fingerprint density at radius 2 is 1.62 bits per heavy atom. The molecule has 0 spiro atoms. The van der Waals surface area contributed by atoms with Crippen LogP contribution in [0.3, 0.4) is 0 Å². The van der Waals surface area contributed by atoms with Crippen molar-refractivity contribution in [3.63, 3.8) is 0 Å². The van der Waals surface area contributed by atoms with Crippen LogP contribution in [-0.2, 0) is 6.42 Å². The van der Waals surface area contributed by atoms with Crippen LogP contribution in [0.15, 0.2) is 18.2 Å². The topological polar surface area (TPSA) is 12.9 Å². The first-order valence-corrected chi connectivity index (χ1v) is 8.51. The molecule has 0 aliphatic rings. The van der Waals surface area contributed by atoms with Gasteiger partial charge in [0.25, 0.3) is 0 Å². The Labute approximate surface area is 129 Å². The Balaban J connectivity index is 2.64. The van der Waals surface area contributed by atoms with Crippen LogP contribution in [0.5, 0.6) is 0 Å². The highest BCUT2D eigenvalue weighted by molar-refractivity contribution is 5.84. The smallest absolute Gasteiger partial charge is 0.0710 e. The maximum Gasteiger partial charge on any atom is 0.0710 e. The van der Waals surface area contributed by atoms with Crippen LogP contribution in [0.1, 0.15) is 74.8 Å². The molecule has 0 fully saturated rings. The molecule has 0 bridgehead atoms. The summed E-state index contributed by atoms with van der Waals surface area (Å²) in [6.45, 7) is 11.2. The number of aromatic nitrogens is 1. The highest BCUT2D eigenvalue weighted by Gasteiger charge is 2.15. The van der Waals surface area contributed by atoms with Crippen molar-refractivity contribution in [2.45, 2.75) is 72.6 Å². The zero-order valence-electron chi connectivity index (χ0n) is 14.3. The van der Waals surface area contributed by atoms with E-state index in [1.807, 2.05) is 0 Å². The van der Waals surface area contributed by atoms with E-state index in [1.54, 1.807) is 0 Å². The SMILES string of the molecule is CCCC(CCC)c1cc(C)nc2cc(C)c(CC)cc12. The Morgan fingerprint density at radius 1 is 0.952 bits per heavy atom. The Morgan fingerprint density at radius 3 is 2.19 bits per heavy atom. The third kappa shape index (κ3) is 3.45. The molecule has 1 aromatic heterocycles. The van der Waals surface area contributed by atoms with Gasteiger partial charge in [0.15, 0.2) is 0 Å². The van der Waals surface area contributed by atoms with Gasteiger partial charge in [-0.15, -0.1) is 0 Å². The van der Waals surface area contributed by atoms with Gasteiger partial charge in [-0.3, -0.25) is 4.98 Å². The van der Waals surface area contributed by atoms with Gasteiger partial charge >= 0.3 is 0 Å². The lowest BCUT2D eigenvalue weighted by atomic mass is 9.86. The van der Waals surface area contributed by atoms with Gasteiger partial charge in [-0.05, 0) is 73.9 Å². The molecule has 1 heteroatoms. The zero-order valence-corrected chi connectivity index (χ0v) is 14.3. The Hall–Kier alpha value is -1.37. The summed E-state index contributed by atoms with van der Waals surface area (Å²) < 4.78 is 0. The number of benzene rings is 1. The summed E-state index contributed by atoms with van der Waals surface area (Å²) in [5.74, 6) is 0.677. The average Bonchev–Trinajstić information content (AvgIpc) is 2.45. The van der Waals surface area contributed by atoms with Crippen molar-refractivity contribution >= 4 is 10.9 Å². The molecule has 0 atom stereocenters. The molecule has 0 unspecified atom stereocenters. The minimum absolute atomic E-state index is 0.677. The summed E-state index contributed by atoms with van der Waals surface area (Å²) >= 11 is 0. The Kier molecular flexibility index (Phi) is 5.39. The van der Waals surface area contributed by atoms with Crippen molar-refractivity contribution in [2.75, 3.05) is 0 Å². The minimum atomic E-state index is 0.677. The van der Waals surface area contributed by atoms with E-state index in [0.717, 1.165) is 12.1 Å². The van der Waals surface area contributed by atoms with Gasteiger partial charge in [0.1, 0.15) is 0 Å². The second kappa shape index (κ2) is 7.06. The number of pyridine rings is 1. The minimum Gasteiger partial charge on any atom is -0.253 e. The molecular formula is C20H29N. The molecule has 0 aliphatic heterocycles. The molecule has 2 rings (SSSR count). The van der Waals surface area contributed by atoms with E-state index in [2.05, 4.69) is 52.8 Å². The van der Waals surface area contributed by atoms with Crippen molar-refractivity contribution in [1.29, 1.82) is 0 Å². The van der Waals surface area contributed by atoms with Crippen LogP contribution in [0.4, 0.5) is 0 Å². The van der Waals surface area contributed by atoms with Crippen LogP contribution < -0.4 is 0 Å². The normalized spacial score (nSPS) is 11.5. The summed E-state index contributed by atoms with van der Waals surface area (Å²) in [5.41, 5.74) is 6.68. The van der Waals surface area contributed by atoms with E-state index in [4.69, 9.17) is 4.98 Å². The fourth-order valence-corrected chi connectivity index (χ4v) is 3.46. The van der Waals surface area contributed by atoms with Crippen LogP contribution in [0.2, 0.25) is 0 Å². The second-order valence-electron chi connectivity index (χ2n) is 6.28. The van der Waals surface area contributed by atoms with Crippen molar-refractivity contribution in [1.82, 2.24) is 4.98 Å². The lowest BCUT2D eigenvalue weighted by Crippen LogP contribution is -2.02. The molecular weight excluding hydrogens is 254 g/mol. The molecule has 1 nitrogen and oxygen atoms in total. The molecule has 1 heterocycles. The lowest BCUT2D eigenvalue weighted by molar-refractivity contribution is 0.563. The summed E-state index contributed by atoms with van der Waals surface area (Å²) in [4.78, 5) is 4.78. The number of hydrogen-bond donors (Lipinski definition) is 0. The van der Waals surface area contributed by atoms with Gasteiger partial charge in [-0.2, -0.15) is 0 Å². The van der Waals surface area contributed by atoms with Crippen molar-refractivity contribution in [2.24, 2.45) is 0 Å². The van der Waals surface area contributed by atoms with Crippen LogP contribution in [0.25, 0.3) is 10.9 Å². The first-order valence-electron chi connectivity index (χ1n) is 8.51. The standard InChI is InChI=1S/C20H29N/c1-6-9-17(10-7-2)18-12-15(5)21-20-11-14(4)16(8-3)13-19(18)20/h11-13,17H,6-10H2,1-5H3. The van der Waals surface area contributed by atoms with E-state index in [9.17, 15) is 0 Å². The fourth-order valence-electron chi connectivity index (χ4n) is 3.46. The molecule has 0 saturated heterocycles. The number of hydrogen-bond acceptors (Lipinski definition) is 1. The molecule has 0 aliphatic carbocycles. The molecule has 114 valence electrons. The summed E-state index contributed by atoms with van der Waals surface area (Å²) in [7, 11) is 0. The first-order chi connectivity index (χ1) is 10.1. The Bertz CT molecular complexity index is 607. The van der Waals surface area contributed by atoms with Crippen molar-refractivity contribution in [3.05, 3.63) is 40.6 Å². The number of rotatable bonds is 6. The highest BCUT2D eigenvalue weighted by atomic mass is 14.7. The largest absolute Gasteiger partial charge is 0.253 e. The third-order valence-corrected chi connectivity index (χ3v) is 4.52. The van der Waals surface area contributed by atoms with Gasteiger partial charge < -0.3 is 0 Å². The molecule has 2 aromatic rings. The number of nitrogens with zero attached hydrogens (tertiary/aromatic N) is 1. The number of fused-ring (bicyclic) bond motifs is 1. The maximum atomic E-state index is 4.78. The van der Waals surface area contributed by atoms with Crippen LogP contribution in [0, 0.1) is 13.8 Å². The quantitative estimate of drug-likeness (QED) is 0.624. The van der Waals surface area contributed by atoms with Gasteiger partial charge in [0.2, 0.25) is 0 Å². The zero-order chi connectivity index (χ0) is 15.4. The molecule has 0 amide bonds. The van der Waals surface area contributed by atoms with Gasteiger partial charge in [-0.1, -0.05) is 33.6 Å². The van der Waals surface area contributed by atoms with Crippen LogP contribution in [-0.4, -0.2) is 4.98 Å². The highest BCUT2D eigenvalue weighted by Crippen LogP contribution is 2.33. The van der Waals surface area contributed by atoms with E-state index in [0.29, 0.717) is 5.92 Å². The van der Waals surface area contributed by atoms with Crippen molar-refractivity contribution < 1.29 is 0 Å². The first kappa shape index (κ1) is 16.0. The predicted octanol–water partition coefficient (Wildman–Crippen LogP) is 6.10. The third-order valence-electron chi connectivity index (χ3n) is 4.52. The van der Waals surface area contributed by atoms with E-state index < -0.39 is 0 Å². The van der Waals surface area contributed by atoms with E-state index in [1.165, 1.54) is 53.3 Å². The second-order valence-corrected chi connectivity index (χ2v) is 6.28. The van der Waals surface area contributed by atoms with Crippen LogP contribution >= 0.6 is 0 Å². The summed E-state index contributed by atoms with van der Waals surface area (Å²) in [5, 5.41) is 1.38. The van der Waals surface area contributed by atoms with Crippen molar-refractivity contribution in [3.8, 4) is 0 Å². The van der Waals surface area contributed by atoms with E-state index in [-0.39, 0.29) is 0 Å². The number of aryl methyl sites for hydroxylation is 3. The summed E-state index contributed by atoms with van der Waals surface area (Å²) in [6.07, 6.45) is 6.16. The predicted molar refractivity (Wildman–Crippen MR) is 93.2 cm³/mol. The molecule has 0 saturated carbocycles. The maximum absolute atomic E-state index is 4.78. The van der Waals surface area contributed by atoms with Gasteiger partial charge in [-0.25, -0.2) is 0 Å². The lowest BCUT2D eigenvalue weighted by Gasteiger charge is -2.19. The fraction of sp³-hybridized carbons (Fsp3) is 0.550. The molecule has 1 aromatic carbocycles. The molecule has 0 N–H and O–H groups in total. The molecule has 0 radical (unpaired) electrons. The van der Waals surface area contributed by atoms with Gasteiger partial charge in [0.05, 0.1) is 5.52 Å². The summed E-state index contributed by atoms with van der Waals surface area (Å²) in [6, 6.07) is 7.00.